The predicted octanol–water partition coefficient (Wildman–Crippen LogP) is 2.64. The molecule has 126 valence electrons. The minimum absolute atomic E-state index is 0.148. The van der Waals surface area contributed by atoms with Crippen molar-refractivity contribution in [1.82, 2.24) is 9.88 Å². The third kappa shape index (κ3) is 4.01. The van der Waals surface area contributed by atoms with Crippen LogP contribution in [-0.4, -0.2) is 41.5 Å². The number of hydrogen-bond acceptors (Lipinski definition) is 5. The highest BCUT2D eigenvalue weighted by molar-refractivity contribution is 5.89. The van der Waals surface area contributed by atoms with Crippen molar-refractivity contribution in [2.75, 3.05) is 19.7 Å². The lowest BCUT2D eigenvalue weighted by atomic mass is 10.0. The summed E-state index contributed by atoms with van der Waals surface area (Å²) in [6.45, 7) is 3.35. The normalized spacial score (nSPS) is 18.2. The molecule has 6 nitrogen and oxygen atoms in total. The van der Waals surface area contributed by atoms with E-state index < -0.39 is 5.97 Å². The Labute approximate surface area is 140 Å². The number of para-hydroxylation sites is 2. The molecule has 0 aliphatic carbocycles. The Bertz CT molecular complexity index is 732. The van der Waals surface area contributed by atoms with E-state index in [0.29, 0.717) is 17.4 Å². The summed E-state index contributed by atoms with van der Waals surface area (Å²) >= 11 is 0. The molecule has 0 saturated carbocycles. The molecule has 1 aliphatic heterocycles. The van der Waals surface area contributed by atoms with Crippen molar-refractivity contribution in [3.05, 3.63) is 36.2 Å². The summed E-state index contributed by atoms with van der Waals surface area (Å²) in [5, 5.41) is 0. The number of likely N-dealkylation sites (tertiary alicyclic amines) is 1. The van der Waals surface area contributed by atoms with Crippen molar-refractivity contribution in [1.29, 1.82) is 0 Å². The zero-order chi connectivity index (χ0) is 16.9. The van der Waals surface area contributed by atoms with Gasteiger partial charge in [-0.3, -0.25) is 4.79 Å². The van der Waals surface area contributed by atoms with Crippen LogP contribution in [0.25, 0.3) is 17.2 Å². The largest absolute Gasteiger partial charge is 0.452 e. The van der Waals surface area contributed by atoms with Gasteiger partial charge >= 0.3 is 5.97 Å². The second-order valence-corrected chi connectivity index (χ2v) is 6.05. The summed E-state index contributed by atoms with van der Waals surface area (Å²) in [5.74, 6) is 0.0858. The molecule has 0 bridgehead atoms. The van der Waals surface area contributed by atoms with E-state index in [-0.39, 0.29) is 12.5 Å². The molecular formula is C18H20N2O4. The lowest BCUT2D eigenvalue weighted by Crippen LogP contribution is -2.41. The fourth-order valence-electron chi connectivity index (χ4n) is 2.79. The Morgan fingerprint density at radius 1 is 1.42 bits per heavy atom. The highest BCUT2D eigenvalue weighted by Gasteiger charge is 2.21. The van der Waals surface area contributed by atoms with Gasteiger partial charge in [0.15, 0.2) is 12.2 Å². The summed E-state index contributed by atoms with van der Waals surface area (Å²) in [5.41, 5.74) is 1.37. The fraction of sp³-hybridized carbons (Fsp3) is 0.389. The Hall–Kier alpha value is -2.63. The predicted molar refractivity (Wildman–Crippen MR) is 89.0 cm³/mol. The zero-order valence-corrected chi connectivity index (χ0v) is 13.6. The van der Waals surface area contributed by atoms with E-state index in [0.717, 1.165) is 31.4 Å². The van der Waals surface area contributed by atoms with Crippen molar-refractivity contribution < 1.29 is 18.7 Å². The Balaban J connectivity index is 1.50. The van der Waals surface area contributed by atoms with Gasteiger partial charge in [-0.25, -0.2) is 9.78 Å². The van der Waals surface area contributed by atoms with Gasteiger partial charge in [-0.2, -0.15) is 0 Å². The Kier molecular flexibility index (Phi) is 4.93. The number of rotatable bonds is 4. The van der Waals surface area contributed by atoms with Crippen molar-refractivity contribution in [3.8, 4) is 0 Å². The molecule has 24 heavy (non-hydrogen) atoms. The van der Waals surface area contributed by atoms with Crippen molar-refractivity contribution in [3.63, 3.8) is 0 Å². The van der Waals surface area contributed by atoms with Crippen LogP contribution >= 0.6 is 0 Å². The second-order valence-electron chi connectivity index (χ2n) is 6.05. The van der Waals surface area contributed by atoms with Crippen molar-refractivity contribution in [2.24, 2.45) is 5.92 Å². The van der Waals surface area contributed by atoms with Gasteiger partial charge in [-0.15, -0.1) is 0 Å². The van der Waals surface area contributed by atoms with Gasteiger partial charge in [0.2, 0.25) is 5.89 Å². The van der Waals surface area contributed by atoms with E-state index in [2.05, 4.69) is 11.9 Å². The van der Waals surface area contributed by atoms with Gasteiger partial charge in [0, 0.05) is 25.2 Å². The van der Waals surface area contributed by atoms with Crippen LogP contribution in [0.2, 0.25) is 0 Å². The maximum absolute atomic E-state index is 12.0. The van der Waals surface area contributed by atoms with Crippen molar-refractivity contribution >= 4 is 29.1 Å². The van der Waals surface area contributed by atoms with Gasteiger partial charge in [-0.05, 0) is 30.9 Å². The van der Waals surface area contributed by atoms with E-state index in [9.17, 15) is 9.59 Å². The number of amides is 1. The standard InChI is InChI=1S/C18H20N2O4/c1-13-5-4-10-20(11-13)17(21)12-23-18(22)9-8-16-19-14-6-2-3-7-15(14)24-16/h2-3,6-9,13H,4-5,10-12H2,1H3/b9-8+/t13-/m0/s1. The molecule has 1 aliphatic rings. The Morgan fingerprint density at radius 3 is 3.04 bits per heavy atom. The van der Waals surface area contributed by atoms with E-state index in [4.69, 9.17) is 9.15 Å². The number of aromatic nitrogens is 1. The quantitative estimate of drug-likeness (QED) is 0.637. The molecule has 1 fully saturated rings. The first-order valence-corrected chi connectivity index (χ1v) is 8.10. The number of carbonyl (C=O) groups is 2. The summed E-state index contributed by atoms with van der Waals surface area (Å²) < 4.78 is 10.5. The number of fused-ring (bicyclic) bond motifs is 1. The summed E-state index contributed by atoms with van der Waals surface area (Å²) in [6.07, 6.45) is 4.79. The lowest BCUT2D eigenvalue weighted by Gasteiger charge is -2.30. The molecular weight excluding hydrogens is 308 g/mol. The molecule has 0 unspecified atom stereocenters. The molecule has 1 atom stereocenters. The van der Waals surface area contributed by atoms with Gasteiger partial charge in [0.25, 0.3) is 5.91 Å². The highest BCUT2D eigenvalue weighted by Crippen LogP contribution is 2.16. The topological polar surface area (TPSA) is 72.6 Å². The van der Waals surface area contributed by atoms with Crippen LogP contribution in [0.5, 0.6) is 0 Å². The third-order valence-corrected chi connectivity index (χ3v) is 4.02. The number of oxazole rings is 1. The van der Waals surface area contributed by atoms with Crippen LogP contribution in [0.15, 0.2) is 34.8 Å². The molecule has 0 radical (unpaired) electrons. The first-order valence-electron chi connectivity index (χ1n) is 8.10. The monoisotopic (exact) mass is 328 g/mol. The summed E-state index contributed by atoms with van der Waals surface area (Å²) in [6, 6.07) is 7.34. The summed E-state index contributed by atoms with van der Waals surface area (Å²) in [4.78, 5) is 29.7. The number of ether oxygens (including phenoxy) is 1. The fourth-order valence-corrected chi connectivity index (χ4v) is 2.79. The van der Waals surface area contributed by atoms with E-state index >= 15 is 0 Å². The first kappa shape index (κ1) is 16.2. The maximum Gasteiger partial charge on any atom is 0.331 e. The van der Waals surface area contributed by atoms with E-state index in [1.54, 1.807) is 11.0 Å². The van der Waals surface area contributed by atoms with Gasteiger partial charge in [0.1, 0.15) is 5.52 Å². The highest BCUT2D eigenvalue weighted by atomic mass is 16.5. The zero-order valence-electron chi connectivity index (χ0n) is 13.6. The molecule has 2 aromatic rings. The molecule has 1 amide bonds. The van der Waals surface area contributed by atoms with E-state index in [1.807, 2.05) is 18.2 Å². The van der Waals surface area contributed by atoms with Crippen LogP contribution in [0.3, 0.4) is 0 Å². The number of esters is 1. The number of piperidine rings is 1. The van der Waals surface area contributed by atoms with Crippen LogP contribution in [0.1, 0.15) is 25.7 Å². The molecule has 2 heterocycles. The molecule has 1 aromatic heterocycles. The molecule has 6 heteroatoms. The number of nitrogens with zero attached hydrogens (tertiary/aromatic N) is 2. The average molecular weight is 328 g/mol. The van der Waals surface area contributed by atoms with Crippen LogP contribution < -0.4 is 0 Å². The molecule has 0 N–H and O–H groups in total. The smallest absolute Gasteiger partial charge is 0.331 e. The van der Waals surface area contributed by atoms with E-state index in [1.165, 1.54) is 12.2 Å². The SMILES string of the molecule is C[C@H]1CCCN(C(=O)COC(=O)/C=C/c2nc3ccccc3o2)C1. The van der Waals surface area contributed by atoms with Crippen LogP contribution in [-0.2, 0) is 14.3 Å². The maximum atomic E-state index is 12.0. The Morgan fingerprint density at radius 2 is 2.25 bits per heavy atom. The molecule has 3 rings (SSSR count). The lowest BCUT2D eigenvalue weighted by molar-refractivity contribution is -0.149. The number of benzene rings is 1. The summed E-state index contributed by atoms with van der Waals surface area (Å²) in [7, 11) is 0. The number of hydrogen-bond donors (Lipinski definition) is 0. The van der Waals surface area contributed by atoms with Gasteiger partial charge < -0.3 is 14.1 Å². The second kappa shape index (κ2) is 7.29. The number of carbonyl (C=O) groups excluding carboxylic acids is 2. The first-order chi connectivity index (χ1) is 11.6. The minimum Gasteiger partial charge on any atom is -0.452 e. The van der Waals surface area contributed by atoms with Crippen molar-refractivity contribution in [2.45, 2.75) is 19.8 Å². The molecule has 0 spiro atoms. The van der Waals surface area contributed by atoms with Crippen LogP contribution in [0.4, 0.5) is 0 Å². The minimum atomic E-state index is -0.587. The third-order valence-electron chi connectivity index (χ3n) is 4.02. The average Bonchev–Trinajstić information content (AvgIpc) is 3.00. The van der Waals surface area contributed by atoms with Gasteiger partial charge in [-0.1, -0.05) is 19.1 Å². The van der Waals surface area contributed by atoms with Crippen LogP contribution in [0, 0.1) is 5.92 Å². The molecule has 1 aromatic carbocycles. The van der Waals surface area contributed by atoms with Gasteiger partial charge in [0.05, 0.1) is 0 Å². The molecule has 1 saturated heterocycles.